The molecule has 2 heterocycles. The van der Waals surface area contributed by atoms with Crippen LogP contribution in [0.15, 0.2) is 24.3 Å². The molecule has 0 aliphatic rings. The van der Waals surface area contributed by atoms with Gasteiger partial charge in [-0.25, -0.2) is 4.98 Å². The van der Waals surface area contributed by atoms with E-state index in [2.05, 4.69) is 16.2 Å². The van der Waals surface area contributed by atoms with Crippen molar-refractivity contribution in [3.63, 3.8) is 0 Å². The van der Waals surface area contributed by atoms with Gasteiger partial charge >= 0.3 is 6.18 Å². The molecule has 0 bridgehead atoms. The molecule has 0 saturated carbocycles. The number of nitriles is 1. The highest BCUT2D eigenvalue weighted by molar-refractivity contribution is 7.19. The Hall–Kier alpha value is -2.40. The average molecular weight is 322 g/mol. The van der Waals surface area contributed by atoms with Gasteiger partial charge in [-0.15, -0.1) is 0 Å². The van der Waals surface area contributed by atoms with E-state index in [0.29, 0.717) is 33.3 Å². The zero-order valence-electron chi connectivity index (χ0n) is 11.3. The predicted molar refractivity (Wildman–Crippen MR) is 75.4 cm³/mol. The molecule has 112 valence electrons. The molecule has 4 nitrogen and oxygen atoms in total. The second-order valence-corrected chi connectivity index (χ2v) is 5.51. The molecule has 0 aliphatic carbocycles. The summed E-state index contributed by atoms with van der Waals surface area (Å²) < 4.78 is 39.1. The maximum atomic E-state index is 12.6. The number of imidazole rings is 1. The minimum Gasteiger partial charge on any atom is -0.221 e. The number of halogens is 3. The smallest absolute Gasteiger partial charge is 0.221 e. The van der Waals surface area contributed by atoms with Crippen molar-refractivity contribution < 1.29 is 13.2 Å². The van der Waals surface area contributed by atoms with Crippen LogP contribution in [-0.2, 0) is 12.6 Å². The van der Waals surface area contributed by atoms with Gasteiger partial charge in [0.1, 0.15) is 11.1 Å². The van der Waals surface area contributed by atoms with Gasteiger partial charge in [-0.3, -0.25) is 0 Å². The van der Waals surface area contributed by atoms with Crippen LogP contribution in [0, 0.1) is 11.3 Å². The van der Waals surface area contributed by atoms with Crippen molar-refractivity contribution >= 4 is 16.3 Å². The fourth-order valence-electron chi connectivity index (χ4n) is 2.07. The Morgan fingerprint density at radius 1 is 1.27 bits per heavy atom. The average Bonchev–Trinajstić information content (AvgIpc) is 3.03. The normalized spacial score (nSPS) is 11.8. The highest BCUT2D eigenvalue weighted by Crippen LogP contribution is 2.32. The van der Waals surface area contributed by atoms with Gasteiger partial charge in [0.15, 0.2) is 5.69 Å². The summed E-state index contributed by atoms with van der Waals surface area (Å²) in [6.45, 7) is 1.89. The SMILES string of the molecule is CCc1nc2sc(-c3ccc(C(F)(F)F)cc3)nn2c1C#N. The van der Waals surface area contributed by atoms with Crippen LogP contribution in [0.3, 0.4) is 0 Å². The van der Waals surface area contributed by atoms with Crippen LogP contribution in [0.25, 0.3) is 15.5 Å². The summed E-state index contributed by atoms with van der Waals surface area (Å²) in [4.78, 5) is 4.88. The van der Waals surface area contributed by atoms with Crippen LogP contribution >= 0.6 is 11.3 Å². The van der Waals surface area contributed by atoms with Crippen molar-refractivity contribution in [1.82, 2.24) is 14.6 Å². The highest BCUT2D eigenvalue weighted by Gasteiger charge is 2.30. The van der Waals surface area contributed by atoms with Crippen molar-refractivity contribution in [2.24, 2.45) is 0 Å². The summed E-state index contributed by atoms with van der Waals surface area (Å²) in [6.07, 6.45) is -3.74. The third-order valence-electron chi connectivity index (χ3n) is 3.18. The monoisotopic (exact) mass is 322 g/mol. The van der Waals surface area contributed by atoms with E-state index in [4.69, 9.17) is 0 Å². The fraction of sp³-hybridized carbons (Fsp3) is 0.214. The van der Waals surface area contributed by atoms with Gasteiger partial charge in [-0.05, 0) is 18.6 Å². The Balaban J connectivity index is 2.04. The van der Waals surface area contributed by atoms with Crippen molar-refractivity contribution in [3.8, 4) is 16.6 Å². The lowest BCUT2D eigenvalue weighted by Crippen LogP contribution is -2.04. The second-order valence-electron chi connectivity index (χ2n) is 4.55. The zero-order chi connectivity index (χ0) is 15.9. The number of benzene rings is 1. The van der Waals surface area contributed by atoms with Crippen molar-refractivity contribution in [2.45, 2.75) is 19.5 Å². The molecule has 0 fully saturated rings. The molecule has 2 aromatic heterocycles. The van der Waals surface area contributed by atoms with Crippen LogP contribution in [0.1, 0.15) is 23.9 Å². The molecule has 22 heavy (non-hydrogen) atoms. The Labute approximate surface area is 127 Å². The summed E-state index contributed by atoms with van der Waals surface area (Å²) in [5.41, 5.74) is 0.890. The number of aromatic nitrogens is 3. The van der Waals surface area contributed by atoms with E-state index in [1.54, 1.807) is 0 Å². The highest BCUT2D eigenvalue weighted by atomic mass is 32.1. The van der Waals surface area contributed by atoms with E-state index in [1.807, 2.05) is 6.92 Å². The lowest BCUT2D eigenvalue weighted by Gasteiger charge is -2.06. The van der Waals surface area contributed by atoms with Crippen molar-refractivity contribution in [2.75, 3.05) is 0 Å². The summed E-state index contributed by atoms with van der Waals surface area (Å²) in [5.74, 6) is 0. The molecule has 3 rings (SSSR count). The third kappa shape index (κ3) is 2.33. The van der Waals surface area contributed by atoms with Gasteiger partial charge in [-0.2, -0.15) is 28.0 Å². The topological polar surface area (TPSA) is 54.0 Å². The van der Waals surface area contributed by atoms with Gasteiger partial charge in [0.05, 0.1) is 11.3 Å². The lowest BCUT2D eigenvalue weighted by molar-refractivity contribution is -0.137. The molecule has 0 amide bonds. The minimum absolute atomic E-state index is 0.368. The van der Waals surface area contributed by atoms with E-state index < -0.39 is 11.7 Å². The first-order valence-corrected chi connectivity index (χ1v) is 7.22. The summed E-state index contributed by atoms with van der Waals surface area (Å²) >= 11 is 1.24. The number of rotatable bonds is 2. The number of aryl methyl sites for hydroxylation is 1. The van der Waals surface area contributed by atoms with E-state index in [1.165, 1.54) is 28.0 Å². The molecule has 8 heteroatoms. The van der Waals surface area contributed by atoms with Gasteiger partial charge in [0.25, 0.3) is 0 Å². The predicted octanol–water partition coefficient (Wildman–Crippen LogP) is 3.91. The molecule has 3 aromatic rings. The molecule has 1 aromatic carbocycles. The van der Waals surface area contributed by atoms with Gasteiger partial charge in [0, 0.05) is 5.56 Å². The number of fused-ring (bicyclic) bond motifs is 1. The van der Waals surface area contributed by atoms with Crippen molar-refractivity contribution in [1.29, 1.82) is 5.26 Å². The summed E-state index contributed by atoms with van der Waals surface area (Å²) in [5, 5.41) is 14.0. The number of nitrogens with zero attached hydrogens (tertiary/aromatic N) is 4. The first-order valence-electron chi connectivity index (χ1n) is 6.40. The molecular formula is C14H9F3N4S. The van der Waals surface area contributed by atoms with E-state index in [0.717, 1.165) is 12.1 Å². The van der Waals surface area contributed by atoms with Gasteiger partial charge < -0.3 is 0 Å². The Bertz CT molecular complexity index is 868. The van der Waals surface area contributed by atoms with Gasteiger partial charge in [-0.1, -0.05) is 30.4 Å². The summed E-state index contributed by atoms with van der Waals surface area (Å²) in [7, 11) is 0. The number of alkyl halides is 3. The molecule has 0 aliphatic heterocycles. The molecule has 0 N–H and O–H groups in total. The summed E-state index contributed by atoms with van der Waals surface area (Å²) in [6, 6.07) is 6.83. The fourth-order valence-corrected chi connectivity index (χ4v) is 2.99. The van der Waals surface area contributed by atoms with E-state index in [9.17, 15) is 18.4 Å². The van der Waals surface area contributed by atoms with Gasteiger partial charge in [0.2, 0.25) is 4.96 Å². The van der Waals surface area contributed by atoms with Crippen LogP contribution in [0.2, 0.25) is 0 Å². The molecule has 0 radical (unpaired) electrons. The Kier molecular flexibility index (Phi) is 3.37. The zero-order valence-corrected chi connectivity index (χ0v) is 12.2. The number of hydrogen-bond donors (Lipinski definition) is 0. The van der Waals surface area contributed by atoms with Crippen LogP contribution < -0.4 is 0 Å². The van der Waals surface area contributed by atoms with Crippen molar-refractivity contribution in [3.05, 3.63) is 41.2 Å². The third-order valence-corrected chi connectivity index (χ3v) is 4.13. The number of hydrogen-bond acceptors (Lipinski definition) is 4. The Morgan fingerprint density at radius 2 is 1.95 bits per heavy atom. The molecular weight excluding hydrogens is 313 g/mol. The molecule has 0 spiro atoms. The Morgan fingerprint density at radius 3 is 2.50 bits per heavy atom. The first-order chi connectivity index (χ1) is 10.4. The van der Waals surface area contributed by atoms with Crippen LogP contribution in [0.5, 0.6) is 0 Å². The maximum Gasteiger partial charge on any atom is 0.416 e. The quantitative estimate of drug-likeness (QED) is 0.719. The minimum atomic E-state index is -4.36. The molecule has 0 atom stereocenters. The van der Waals surface area contributed by atoms with E-state index in [-0.39, 0.29) is 0 Å². The van der Waals surface area contributed by atoms with E-state index >= 15 is 0 Å². The second kappa shape index (κ2) is 5.10. The lowest BCUT2D eigenvalue weighted by atomic mass is 10.1. The van der Waals surface area contributed by atoms with Crippen LogP contribution in [-0.4, -0.2) is 14.6 Å². The molecule has 0 saturated heterocycles. The maximum absolute atomic E-state index is 12.6. The molecule has 0 unspecified atom stereocenters. The van der Waals surface area contributed by atoms with Crippen LogP contribution in [0.4, 0.5) is 13.2 Å². The first kappa shape index (κ1) is 14.5. The largest absolute Gasteiger partial charge is 0.416 e. The standard InChI is InChI=1S/C14H9F3N4S/c1-2-10-11(7-18)21-13(19-10)22-12(20-21)8-3-5-9(6-4-8)14(15,16)17/h3-6H,2H2,1H3.